The van der Waals surface area contributed by atoms with Gasteiger partial charge in [-0.2, -0.15) is 9.98 Å². The number of anilines is 2. The molecule has 9 heteroatoms. The van der Waals surface area contributed by atoms with Gasteiger partial charge >= 0.3 is 0 Å². The molecule has 28 heavy (non-hydrogen) atoms. The van der Waals surface area contributed by atoms with Crippen molar-refractivity contribution in [2.75, 3.05) is 36.8 Å². The number of rotatable bonds is 6. The number of likely N-dealkylation sites (tertiary alicyclic amines) is 1. The Morgan fingerprint density at radius 2 is 2.00 bits per heavy atom. The van der Waals surface area contributed by atoms with Crippen LogP contribution in [0.4, 0.5) is 17.5 Å². The zero-order valence-electron chi connectivity index (χ0n) is 16.0. The first-order valence-electron chi connectivity index (χ1n) is 9.30. The molecule has 1 aromatic carbocycles. The van der Waals surface area contributed by atoms with Crippen LogP contribution in [0.1, 0.15) is 19.0 Å². The van der Waals surface area contributed by atoms with Gasteiger partial charge < -0.3 is 21.3 Å². The van der Waals surface area contributed by atoms with Gasteiger partial charge in [-0.15, -0.1) is 0 Å². The van der Waals surface area contributed by atoms with Crippen molar-refractivity contribution in [3.8, 4) is 0 Å². The lowest BCUT2D eigenvalue weighted by Gasteiger charge is -2.14. The number of benzene rings is 1. The van der Waals surface area contributed by atoms with Gasteiger partial charge in [0.2, 0.25) is 5.96 Å². The number of nitrogens with two attached hydrogens (primary N) is 1. The molecule has 1 saturated heterocycles. The van der Waals surface area contributed by atoms with E-state index in [1.54, 1.807) is 18.2 Å². The summed E-state index contributed by atoms with van der Waals surface area (Å²) < 4.78 is 0. The fraction of sp³-hybridized carbons (Fsp3) is 0.421. The second kappa shape index (κ2) is 9.41. The minimum absolute atomic E-state index is 0.157. The normalized spacial score (nSPS) is 17.7. The third-order valence-electron chi connectivity index (χ3n) is 4.59. The van der Waals surface area contributed by atoms with E-state index in [0.29, 0.717) is 27.6 Å². The van der Waals surface area contributed by atoms with Gasteiger partial charge in [-0.3, -0.25) is 0 Å². The topological polar surface area (TPSA) is 91.5 Å². The molecule has 1 atom stereocenters. The van der Waals surface area contributed by atoms with E-state index in [1.807, 2.05) is 13.0 Å². The van der Waals surface area contributed by atoms with Crippen molar-refractivity contribution < 1.29 is 0 Å². The molecule has 1 fully saturated rings. The van der Waals surface area contributed by atoms with Crippen LogP contribution < -0.4 is 16.4 Å². The molecule has 1 aliphatic rings. The summed E-state index contributed by atoms with van der Waals surface area (Å²) in [6.07, 6.45) is 1.20. The van der Waals surface area contributed by atoms with Crippen LogP contribution in [0.15, 0.2) is 29.3 Å². The highest BCUT2D eigenvalue weighted by atomic mass is 35.5. The second-order valence-electron chi connectivity index (χ2n) is 6.90. The molecule has 3 rings (SSSR count). The van der Waals surface area contributed by atoms with Crippen LogP contribution in [0.2, 0.25) is 10.0 Å². The van der Waals surface area contributed by atoms with E-state index >= 15 is 0 Å². The van der Waals surface area contributed by atoms with Crippen molar-refractivity contribution in [2.24, 2.45) is 16.6 Å². The number of aryl methyl sites for hydroxylation is 1. The number of hydrogen-bond donors (Lipinski definition) is 3. The molecule has 7 nitrogen and oxygen atoms in total. The first kappa shape index (κ1) is 20.6. The highest BCUT2D eigenvalue weighted by Gasteiger charge is 2.20. The summed E-state index contributed by atoms with van der Waals surface area (Å²) in [5, 5.41) is 7.38. The summed E-state index contributed by atoms with van der Waals surface area (Å²) in [5.74, 6) is 1.83. The molecule has 2 heterocycles. The van der Waals surface area contributed by atoms with Crippen molar-refractivity contribution in [2.45, 2.75) is 20.3 Å². The molecule has 0 bridgehead atoms. The third-order valence-corrected chi connectivity index (χ3v) is 5.02. The second-order valence-corrected chi connectivity index (χ2v) is 7.78. The Balaban J connectivity index is 1.65. The third kappa shape index (κ3) is 5.95. The van der Waals surface area contributed by atoms with Crippen molar-refractivity contribution in [3.05, 3.63) is 40.0 Å². The summed E-state index contributed by atoms with van der Waals surface area (Å²) in [4.78, 5) is 15.5. The quantitative estimate of drug-likeness (QED) is 0.483. The highest BCUT2D eigenvalue weighted by Crippen LogP contribution is 2.22. The molecule has 2 aromatic rings. The maximum Gasteiger partial charge on any atom is 0.254 e. The van der Waals surface area contributed by atoms with Crippen LogP contribution in [0, 0.1) is 12.8 Å². The molecular formula is C19H25Cl2N7. The lowest BCUT2D eigenvalue weighted by Crippen LogP contribution is -2.23. The Morgan fingerprint density at radius 1 is 1.25 bits per heavy atom. The molecule has 1 aromatic heterocycles. The summed E-state index contributed by atoms with van der Waals surface area (Å²) >= 11 is 12.0. The number of aromatic nitrogens is 2. The smallest absolute Gasteiger partial charge is 0.254 e. The number of aliphatic imine (C=N–C) groups is 1. The summed E-state index contributed by atoms with van der Waals surface area (Å²) in [6, 6.07) is 6.97. The largest absolute Gasteiger partial charge is 0.370 e. The molecule has 150 valence electrons. The standard InChI is InChI=1S/C19H25Cl2N7/c1-3-28-5-4-13(11-28)10-23-17-6-12(2)24-19(26-17)27-18(22)25-16-8-14(20)7-15(21)9-16/h6-9,13H,3-5,10-11H2,1-2H3,(H4,22,23,24,25,26,27). The number of nitrogens with zero attached hydrogens (tertiary/aromatic N) is 4. The van der Waals surface area contributed by atoms with Gasteiger partial charge in [0.1, 0.15) is 5.82 Å². The predicted molar refractivity (Wildman–Crippen MR) is 117 cm³/mol. The van der Waals surface area contributed by atoms with Gasteiger partial charge in [-0.1, -0.05) is 30.1 Å². The predicted octanol–water partition coefficient (Wildman–Crippen LogP) is 3.90. The van der Waals surface area contributed by atoms with Gasteiger partial charge in [0, 0.05) is 40.6 Å². The maximum absolute atomic E-state index is 6.00. The van der Waals surface area contributed by atoms with Crippen LogP contribution in [-0.4, -0.2) is 47.0 Å². The monoisotopic (exact) mass is 421 g/mol. The molecule has 0 radical (unpaired) electrons. The first-order chi connectivity index (χ1) is 13.4. The molecule has 0 aliphatic carbocycles. The van der Waals surface area contributed by atoms with Crippen LogP contribution in [0.3, 0.4) is 0 Å². The maximum atomic E-state index is 6.00. The summed E-state index contributed by atoms with van der Waals surface area (Å²) in [5.41, 5.74) is 7.45. The van der Waals surface area contributed by atoms with Crippen molar-refractivity contribution in [1.82, 2.24) is 14.9 Å². The van der Waals surface area contributed by atoms with Gasteiger partial charge in [-0.25, -0.2) is 4.98 Å². The van der Waals surface area contributed by atoms with E-state index in [2.05, 4.69) is 37.4 Å². The molecule has 0 amide bonds. The van der Waals surface area contributed by atoms with Crippen LogP contribution >= 0.6 is 23.2 Å². The lowest BCUT2D eigenvalue weighted by molar-refractivity contribution is 0.345. The first-order valence-corrected chi connectivity index (χ1v) is 10.1. The van der Waals surface area contributed by atoms with E-state index in [0.717, 1.165) is 37.7 Å². The molecular weight excluding hydrogens is 397 g/mol. The Hall–Kier alpha value is -2.09. The Morgan fingerprint density at radius 3 is 2.68 bits per heavy atom. The van der Waals surface area contributed by atoms with E-state index in [4.69, 9.17) is 28.9 Å². The van der Waals surface area contributed by atoms with Crippen LogP contribution in [0.5, 0.6) is 0 Å². The van der Waals surface area contributed by atoms with Gasteiger partial charge in [0.25, 0.3) is 5.95 Å². The molecule has 1 aliphatic heterocycles. The Bertz CT molecular complexity index is 836. The minimum atomic E-state index is 0.157. The zero-order valence-corrected chi connectivity index (χ0v) is 17.6. The lowest BCUT2D eigenvalue weighted by atomic mass is 10.1. The molecule has 1 unspecified atom stereocenters. The van der Waals surface area contributed by atoms with E-state index in [-0.39, 0.29) is 5.96 Å². The Kier molecular flexibility index (Phi) is 6.93. The summed E-state index contributed by atoms with van der Waals surface area (Å²) in [7, 11) is 0. The molecule has 0 spiro atoms. The molecule has 4 N–H and O–H groups in total. The SMILES string of the molecule is CCN1CCC(CNc2cc(C)nc(/N=C(\N)Nc3cc(Cl)cc(Cl)c3)n2)C1. The van der Waals surface area contributed by atoms with Crippen molar-refractivity contribution in [1.29, 1.82) is 0 Å². The minimum Gasteiger partial charge on any atom is -0.370 e. The van der Waals surface area contributed by atoms with Gasteiger partial charge in [0.05, 0.1) is 0 Å². The fourth-order valence-electron chi connectivity index (χ4n) is 3.22. The highest BCUT2D eigenvalue weighted by molar-refractivity contribution is 6.35. The van der Waals surface area contributed by atoms with Crippen molar-refractivity contribution in [3.63, 3.8) is 0 Å². The van der Waals surface area contributed by atoms with Crippen LogP contribution in [-0.2, 0) is 0 Å². The van der Waals surface area contributed by atoms with Gasteiger partial charge in [0.15, 0.2) is 0 Å². The van der Waals surface area contributed by atoms with E-state index in [9.17, 15) is 0 Å². The number of halogens is 2. The van der Waals surface area contributed by atoms with Crippen molar-refractivity contribution >= 4 is 46.6 Å². The number of nitrogens with one attached hydrogen (secondary N) is 2. The van der Waals surface area contributed by atoms with Gasteiger partial charge in [-0.05, 0) is 50.6 Å². The fourth-order valence-corrected chi connectivity index (χ4v) is 3.74. The summed E-state index contributed by atoms with van der Waals surface area (Å²) in [6.45, 7) is 8.37. The van der Waals surface area contributed by atoms with E-state index in [1.165, 1.54) is 6.42 Å². The van der Waals surface area contributed by atoms with Crippen LogP contribution in [0.25, 0.3) is 0 Å². The van der Waals surface area contributed by atoms with E-state index < -0.39 is 0 Å². The zero-order chi connectivity index (χ0) is 20.1. The molecule has 0 saturated carbocycles. The number of hydrogen-bond acceptors (Lipinski definition) is 5. The average Bonchev–Trinajstić information content (AvgIpc) is 3.06. The number of guanidine groups is 1. The average molecular weight is 422 g/mol. The Labute approximate surface area is 175 Å².